The molecule has 3 fully saturated rings. The fourth-order valence-electron chi connectivity index (χ4n) is 4.62. The summed E-state index contributed by atoms with van der Waals surface area (Å²) in [5.74, 6) is 0.389. The number of amides is 1. The Balaban J connectivity index is 1.72. The Morgan fingerprint density at radius 1 is 1.04 bits per heavy atom. The molecule has 1 aliphatic carbocycles. The summed E-state index contributed by atoms with van der Waals surface area (Å²) in [6.07, 6.45) is 7.96. The number of aliphatic hydroxyl groups excluding tert-OH is 1. The van der Waals surface area contributed by atoms with Crippen LogP contribution in [-0.2, 0) is 14.6 Å². The molecule has 3 aliphatic rings. The molecule has 2 saturated heterocycles. The number of carbonyl (C=O) groups is 1. The van der Waals surface area contributed by atoms with Crippen molar-refractivity contribution in [2.45, 2.75) is 69.5 Å². The van der Waals surface area contributed by atoms with Gasteiger partial charge in [0.1, 0.15) is 0 Å². The van der Waals surface area contributed by atoms with Crippen LogP contribution in [-0.4, -0.2) is 78.6 Å². The normalized spacial score (nSPS) is 31.4. The molecule has 1 unspecified atom stereocenters. The monoisotopic (exact) mass is 358 g/mol. The molecule has 2 aliphatic heterocycles. The topological polar surface area (TPSA) is 77.9 Å². The number of hydrogen-bond donors (Lipinski definition) is 1. The van der Waals surface area contributed by atoms with Gasteiger partial charge in [0.25, 0.3) is 0 Å². The number of carbonyl (C=O) groups excluding carboxylic acids is 1. The van der Waals surface area contributed by atoms with E-state index in [1.54, 1.807) is 0 Å². The highest BCUT2D eigenvalue weighted by atomic mass is 32.2. The number of nitrogens with zero attached hydrogens (tertiary/aromatic N) is 2. The Morgan fingerprint density at radius 3 is 2.42 bits per heavy atom. The third kappa shape index (κ3) is 4.11. The van der Waals surface area contributed by atoms with Crippen molar-refractivity contribution in [3.05, 3.63) is 0 Å². The van der Waals surface area contributed by atoms with Crippen LogP contribution in [0.3, 0.4) is 0 Å². The van der Waals surface area contributed by atoms with E-state index in [1.807, 2.05) is 4.90 Å². The molecule has 3 rings (SSSR count). The SMILES string of the molecule is O=C(CN1CCC[C@H]1CO)N(C1CCCCC1)C1CCS(=O)(=O)C1. The van der Waals surface area contributed by atoms with Crippen molar-refractivity contribution in [3.8, 4) is 0 Å². The van der Waals surface area contributed by atoms with Gasteiger partial charge in [0.15, 0.2) is 9.84 Å². The molecule has 1 saturated carbocycles. The van der Waals surface area contributed by atoms with Crippen LogP contribution >= 0.6 is 0 Å². The lowest BCUT2D eigenvalue weighted by Gasteiger charge is -2.39. The van der Waals surface area contributed by atoms with E-state index in [4.69, 9.17) is 0 Å². The molecular weight excluding hydrogens is 328 g/mol. The van der Waals surface area contributed by atoms with Crippen LogP contribution < -0.4 is 0 Å². The average Bonchev–Trinajstić information content (AvgIpc) is 3.14. The first-order chi connectivity index (χ1) is 11.5. The van der Waals surface area contributed by atoms with E-state index in [9.17, 15) is 18.3 Å². The van der Waals surface area contributed by atoms with Crippen LogP contribution in [0.1, 0.15) is 51.4 Å². The molecule has 0 spiro atoms. The second-order valence-electron chi connectivity index (χ2n) is 7.60. The van der Waals surface area contributed by atoms with E-state index in [-0.39, 0.29) is 42.1 Å². The van der Waals surface area contributed by atoms with Crippen molar-refractivity contribution in [1.82, 2.24) is 9.80 Å². The van der Waals surface area contributed by atoms with Crippen LogP contribution in [0.4, 0.5) is 0 Å². The third-order valence-electron chi connectivity index (χ3n) is 5.91. The Labute approximate surface area is 145 Å². The van der Waals surface area contributed by atoms with Crippen LogP contribution in [0.25, 0.3) is 0 Å². The molecular formula is C17H30N2O4S. The first kappa shape index (κ1) is 18.1. The van der Waals surface area contributed by atoms with Gasteiger partial charge in [-0.3, -0.25) is 9.69 Å². The minimum absolute atomic E-state index is 0.0596. The summed E-state index contributed by atoms with van der Waals surface area (Å²) in [5.41, 5.74) is 0. The van der Waals surface area contributed by atoms with Gasteiger partial charge in [-0.05, 0) is 38.6 Å². The molecule has 138 valence electrons. The second kappa shape index (κ2) is 7.70. The van der Waals surface area contributed by atoms with Crippen LogP contribution in [0.2, 0.25) is 0 Å². The standard InChI is InChI=1S/C17H30N2O4S/c20-12-15-7-4-9-18(15)11-17(21)19(14-5-2-1-3-6-14)16-8-10-24(22,23)13-16/h14-16,20H,1-13H2/t15-,16?/m0/s1. The maximum absolute atomic E-state index is 13.1. The summed E-state index contributed by atoms with van der Waals surface area (Å²) in [5, 5.41) is 9.47. The molecule has 2 atom stereocenters. The molecule has 1 amide bonds. The predicted molar refractivity (Wildman–Crippen MR) is 92.5 cm³/mol. The first-order valence-corrected chi connectivity index (χ1v) is 11.2. The van der Waals surface area contributed by atoms with Crippen molar-refractivity contribution in [2.75, 3.05) is 31.2 Å². The van der Waals surface area contributed by atoms with E-state index in [2.05, 4.69) is 4.90 Å². The maximum atomic E-state index is 13.1. The van der Waals surface area contributed by atoms with E-state index in [0.29, 0.717) is 13.0 Å². The van der Waals surface area contributed by atoms with Crippen molar-refractivity contribution in [2.24, 2.45) is 0 Å². The van der Waals surface area contributed by atoms with Gasteiger partial charge in [-0.15, -0.1) is 0 Å². The Kier molecular flexibility index (Phi) is 5.82. The molecule has 6 nitrogen and oxygen atoms in total. The third-order valence-corrected chi connectivity index (χ3v) is 7.66. The summed E-state index contributed by atoms with van der Waals surface area (Å²) in [4.78, 5) is 17.1. The van der Waals surface area contributed by atoms with Gasteiger partial charge in [0.05, 0.1) is 24.7 Å². The van der Waals surface area contributed by atoms with E-state index >= 15 is 0 Å². The molecule has 2 heterocycles. The maximum Gasteiger partial charge on any atom is 0.237 e. The van der Waals surface area contributed by atoms with Gasteiger partial charge in [0.2, 0.25) is 5.91 Å². The lowest BCUT2D eigenvalue weighted by Crippen LogP contribution is -2.52. The average molecular weight is 359 g/mol. The highest BCUT2D eigenvalue weighted by Crippen LogP contribution is 2.29. The fraction of sp³-hybridized carbons (Fsp3) is 0.941. The lowest BCUT2D eigenvalue weighted by atomic mass is 9.92. The van der Waals surface area contributed by atoms with Crippen LogP contribution in [0.5, 0.6) is 0 Å². The zero-order valence-electron chi connectivity index (χ0n) is 14.4. The first-order valence-electron chi connectivity index (χ1n) is 9.36. The number of sulfone groups is 1. The van der Waals surface area contributed by atoms with Crippen molar-refractivity contribution in [1.29, 1.82) is 0 Å². The smallest absolute Gasteiger partial charge is 0.237 e. The Hall–Kier alpha value is -0.660. The molecule has 0 aromatic carbocycles. The van der Waals surface area contributed by atoms with Crippen LogP contribution in [0.15, 0.2) is 0 Å². The van der Waals surface area contributed by atoms with Gasteiger partial charge in [-0.2, -0.15) is 0 Å². The molecule has 0 aromatic rings. The number of rotatable bonds is 5. The van der Waals surface area contributed by atoms with Crippen molar-refractivity contribution < 1.29 is 18.3 Å². The lowest BCUT2D eigenvalue weighted by molar-refractivity contribution is -0.138. The zero-order valence-corrected chi connectivity index (χ0v) is 15.2. The van der Waals surface area contributed by atoms with Gasteiger partial charge in [-0.1, -0.05) is 19.3 Å². The van der Waals surface area contributed by atoms with E-state index in [0.717, 1.165) is 45.1 Å². The molecule has 1 N–H and O–H groups in total. The second-order valence-corrected chi connectivity index (χ2v) is 9.83. The van der Waals surface area contributed by atoms with E-state index in [1.165, 1.54) is 6.42 Å². The fourth-order valence-corrected chi connectivity index (χ4v) is 6.34. The number of hydrogen-bond acceptors (Lipinski definition) is 5. The summed E-state index contributed by atoms with van der Waals surface area (Å²) >= 11 is 0. The van der Waals surface area contributed by atoms with Gasteiger partial charge >= 0.3 is 0 Å². The van der Waals surface area contributed by atoms with E-state index < -0.39 is 9.84 Å². The highest BCUT2D eigenvalue weighted by molar-refractivity contribution is 7.91. The number of likely N-dealkylation sites (tertiary alicyclic amines) is 1. The minimum Gasteiger partial charge on any atom is -0.395 e. The molecule has 24 heavy (non-hydrogen) atoms. The molecule has 0 radical (unpaired) electrons. The van der Waals surface area contributed by atoms with Gasteiger partial charge in [-0.25, -0.2) is 8.42 Å². The summed E-state index contributed by atoms with van der Waals surface area (Å²) in [7, 11) is -3.00. The van der Waals surface area contributed by atoms with Gasteiger partial charge < -0.3 is 10.0 Å². The van der Waals surface area contributed by atoms with Crippen molar-refractivity contribution in [3.63, 3.8) is 0 Å². The molecule has 7 heteroatoms. The zero-order chi connectivity index (χ0) is 17.2. The Bertz CT molecular complexity index is 545. The highest BCUT2D eigenvalue weighted by Gasteiger charge is 2.39. The summed E-state index contributed by atoms with van der Waals surface area (Å²) in [6.45, 7) is 1.26. The molecule has 0 bridgehead atoms. The Morgan fingerprint density at radius 2 is 1.79 bits per heavy atom. The largest absolute Gasteiger partial charge is 0.395 e. The summed E-state index contributed by atoms with van der Waals surface area (Å²) in [6, 6.07) is 0.120. The summed E-state index contributed by atoms with van der Waals surface area (Å²) < 4.78 is 23.8. The van der Waals surface area contributed by atoms with Gasteiger partial charge in [0, 0.05) is 18.1 Å². The van der Waals surface area contributed by atoms with Crippen molar-refractivity contribution >= 4 is 15.7 Å². The predicted octanol–water partition coefficient (Wildman–Crippen LogP) is 0.792. The minimum atomic E-state index is -3.00. The molecule has 0 aromatic heterocycles. The number of aliphatic hydroxyl groups is 1. The van der Waals surface area contributed by atoms with Crippen LogP contribution in [0, 0.1) is 0 Å². The quantitative estimate of drug-likeness (QED) is 0.786.